The molecule has 0 aromatic heterocycles. The third kappa shape index (κ3) is 6.05. The fourth-order valence-corrected chi connectivity index (χ4v) is 5.25. The number of carbonyl (C=O) groups excluding carboxylic acids is 1. The highest BCUT2D eigenvalue weighted by Crippen LogP contribution is 2.34. The summed E-state index contributed by atoms with van der Waals surface area (Å²) in [6.07, 6.45) is 4.05. The molecule has 7 heteroatoms. The molecule has 5 rings (SSSR count). The van der Waals surface area contributed by atoms with Crippen molar-refractivity contribution in [3.05, 3.63) is 99.1 Å². The summed E-state index contributed by atoms with van der Waals surface area (Å²) in [7, 11) is 1.61. The number of hydrogen-bond acceptors (Lipinski definition) is 5. The molecule has 1 amide bonds. The molecule has 1 N–H and O–H groups in total. The van der Waals surface area contributed by atoms with Crippen molar-refractivity contribution in [1.82, 2.24) is 5.43 Å². The number of nitrogens with one attached hydrogen (secondary N) is 1. The van der Waals surface area contributed by atoms with Gasteiger partial charge < -0.3 is 14.4 Å². The Morgan fingerprint density at radius 3 is 2.51 bits per heavy atom. The van der Waals surface area contributed by atoms with Crippen LogP contribution < -0.4 is 19.8 Å². The Balaban J connectivity index is 1.22. The summed E-state index contributed by atoms with van der Waals surface area (Å²) in [6, 6.07) is 26.0. The lowest BCUT2D eigenvalue weighted by Crippen LogP contribution is -2.19. The Hall–Kier alpha value is -3.59. The Kier molecular flexibility index (Phi) is 7.89. The number of ether oxygens (including phenoxy) is 2. The third-order valence-electron chi connectivity index (χ3n) is 6.43. The van der Waals surface area contributed by atoms with Crippen LogP contribution in [0.4, 0.5) is 5.69 Å². The summed E-state index contributed by atoms with van der Waals surface area (Å²) in [5.41, 5.74) is 6.22. The number of fused-ring (bicyclic) bond motifs is 1. The monoisotopic (exact) mass is 605 g/mol. The molecule has 1 aliphatic rings. The van der Waals surface area contributed by atoms with Gasteiger partial charge in [-0.2, -0.15) is 5.10 Å². The summed E-state index contributed by atoms with van der Waals surface area (Å²) < 4.78 is 12.6. The molecular formula is C30H28IN3O3. The van der Waals surface area contributed by atoms with Gasteiger partial charge in [0.2, 0.25) is 0 Å². The van der Waals surface area contributed by atoms with E-state index in [0.717, 1.165) is 33.5 Å². The third-order valence-corrected chi connectivity index (χ3v) is 7.23. The number of anilines is 1. The topological polar surface area (TPSA) is 63.2 Å². The summed E-state index contributed by atoms with van der Waals surface area (Å²) >= 11 is 2.23. The molecule has 1 heterocycles. The lowest BCUT2D eigenvalue weighted by Gasteiger charge is -2.17. The Bertz CT molecular complexity index is 1430. The number of hydrazone groups is 1. The van der Waals surface area contributed by atoms with E-state index in [0.29, 0.717) is 23.7 Å². The molecule has 37 heavy (non-hydrogen) atoms. The van der Waals surface area contributed by atoms with Crippen molar-refractivity contribution in [1.29, 1.82) is 0 Å². The molecule has 0 spiro atoms. The van der Waals surface area contributed by atoms with E-state index in [9.17, 15) is 4.79 Å². The second kappa shape index (κ2) is 11.6. The molecule has 4 aromatic carbocycles. The first-order chi connectivity index (χ1) is 18.1. The quantitative estimate of drug-likeness (QED) is 0.144. The molecule has 188 valence electrons. The van der Waals surface area contributed by atoms with Crippen LogP contribution in [0.5, 0.6) is 11.5 Å². The highest BCUT2D eigenvalue weighted by atomic mass is 127. The predicted octanol–water partition coefficient (Wildman–Crippen LogP) is 6.40. The fourth-order valence-electron chi connectivity index (χ4n) is 4.47. The molecule has 0 radical (unpaired) electrons. The van der Waals surface area contributed by atoms with Crippen LogP contribution in [-0.2, 0) is 6.61 Å². The summed E-state index contributed by atoms with van der Waals surface area (Å²) in [4.78, 5) is 14.9. The van der Waals surface area contributed by atoms with Crippen LogP contribution in [0.2, 0.25) is 0 Å². The second-order valence-electron chi connectivity index (χ2n) is 8.94. The minimum Gasteiger partial charge on any atom is -0.493 e. The number of halogens is 1. The molecule has 1 aliphatic heterocycles. The molecule has 0 atom stereocenters. The average Bonchev–Trinajstić information content (AvgIpc) is 3.47. The standard InChI is InChI=1S/C30H28IN3O3/c1-36-28-18-22(19-32-33-30(35)24-10-12-26(13-11-24)34-14-4-5-15-34)17-27(31)29(28)37-20-21-8-9-23-6-2-3-7-25(23)16-21/h2-3,6-13,16-19H,4-5,14-15,20H2,1H3,(H,33,35)/b32-19-. The number of rotatable bonds is 8. The number of methoxy groups -OCH3 is 1. The molecule has 6 nitrogen and oxygen atoms in total. The van der Waals surface area contributed by atoms with E-state index in [1.807, 2.05) is 48.5 Å². The van der Waals surface area contributed by atoms with Gasteiger partial charge in [-0.05, 0) is 99.8 Å². The lowest BCUT2D eigenvalue weighted by molar-refractivity contribution is 0.0955. The fraction of sp³-hybridized carbons (Fsp3) is 0.200. The maximum atomic E-state index is 12.5. The van der Waals surface area contributed by atoms with Crippen LogP contribution in [0.25, 0.3) is 10.8 Å². The minimum atomic E-state index is -0.249. The molecule has 1 fully saturated rings. The Morgan fingerprint density at radius 2 is 1.76 bits per heavy atom. The van der Waals surface area contributed by atoms with E-state index in [1.165, 1.54) is 23.6 Å². The zero-order valence-electron chi connectivity index (χ0n) is 20.6. The van der Waals surface area contributed by atoms with Crippen LogP contribution in [0.15, 0.2) is 84.0 Å². The van der Waals surface area contributed by atoms with Gasteiger partial charge in [0.25, 0.3) is 5.91 Å². The zero-order valence-corrected chi connectivity index (χ0v) is 22.8. The first kappa shape index (κ1) is 25.1. The Morgan fingerprint density at radius 1 is 1.00 bits per heavy atom. The SMILES string of the molecule is COc1cc(/C=N\NC(=O)c2ccc(N3CCCC3)cc2)cc(I)c1OCc1ccc2ccccc2c1. The number of hydrogen-bond donors (Lipinski definition) is 1. The Labute approximate surface area is 230 Å². The van der Waals surface area contributed by atoms with Gasteiger partial charge >= 0.3 is 0 Å². The van der Waals surface area contributed by atoms with Crippen LogP contribution in [-0.4, -0.2) is 32.3 Å². The van der Waals surface area contributed by atoms with Crippen LogP contribution in [0.3, 0.4) is 0 Å². The highest BCUT2D eigenvalue weighted by molar-refractivity contribution is 14.1. The molecular weight excluding hydrogens is 577 g/mol. The van der Waals surface area contributed by atoms with Crippen LogP contribution in [0, 0.1) is 3.57 Å². The molecule has 0 saturated carbocycles. The van der Waals surface area contributed by atoms with E-state index >= 15 is 0 Å². The van der Waals surface area contributed by atoms with Gasteiger partial charge in [0.05, 0.1) is 16.9 Å². The van der Waals surface area contributed by atoms with E-state index in [-0.39, 0.29) is 5.91 Å². The highest BCUT2D eigenvalue weighted by Gasteiger charge is 2.14. The molecule has 0 aliphatic carbocycles. The van der Waals surface area contributed by atoms with E-state index in [2.05, 4.69) is 68.3 Å². The molecule has 0 unspecified atom stereocenters. The number of benzene rings is 4. The van der Waals surface area contributed by atoms with Crippen LogP contribution in [0.1, 0.15) is 34.3 Å². The number of amides is 1. The summed E-state index contributed by atoms with van der Waals surface area (Å²) in [6.45, 7) is 2.58. The van der Waals surface area contributed by atoms with Gasteiger partial charge in [0, 0.05) is 24.3 Å². The maximum absolute atomic E-state index is 12.5. The zero-order chi connectivity index (χ0) is 25.6. The van der Waals surface area contributed by atoms with Gasteiger partial charge in [0.15, 0.2) is 11.5 Å². The van der Waals surface area contributed by atoms with Gasteiger partial charge in [-0.25, -0.2) is 5.43 Å². The van der Waals surface area contributed by atoms with Gasteiger partial charge in [-0.3, -0.25) is 4.79 Å². The number of carbonyl (C=O) groups is 1. The van der Waals surface area contributed by atoms with E-state index in [1.54, 1.807) is 13.3 Å². The van der Waals surface area contributed by atoms with Gasteiger partial charge in [-0.15, -0.1) is 0 Å². The normalized spacial score (nSPS) is 13.3. The van der Waals surface area contributed by atoms with Crippen LogP contribution >= 0.6 is 22.6 Å². The lowest BCUT2D eigenvalue weighted by atomic mass is 10.1. The van der Waals surface area contributed by atoms with Crippen molar-refractivity contribution in [3.63, 3.8) is 0 Å². The minimum absolute atomic E-state index is 0.249. The first-order valence-electron chi connectivity index (χ1n) is 12.3. The molecule has 1 saturated heterocycles. The average molecular weight is 605 g/mol. The van der Waals surface area contributed by atoms with Crippen molar-refractivity contribution >= 4 is 51.2 Å². The van der Waals surface area contributed by atoms with E-state index < -0.39 is 0 Å². The van der Waals surface area contributed by atoms with Crippen molar-refractivity contribution in [2.75, 3.05) is 25.1 Å². The van der Waals surface area contributed by atoms with Crippen molar-refractivity contribution in [2.45, 2.75) is 19.4 Å². The van der Waals surface area contributed by atoms with Crippen molar-refractivity contribution in [2.24, 2.45) is 5.10 Å². The summed E-state index contributed by atoms with van der Waals surface area (Å²) in [5.74, 6) is 1.04. The number of nitrogens with zero attached hydrogens (tertiary/aromatic N) is 2. The molecule has 4 aromatic rings. The largest absolute Gasteiger partial charge is 0.493 e. The van der Waals surface area contributed by atoms with Crippen molar-refractivity contribution < 1.29 is 14.3 Å². The van der Waals surface area contributed by atoms with E-state index in [4.69, 9.17) is 9.47 Å². The molecule has 0 bridgehead atoms. The maximum Gasteiger partial charge on any atom is 0.271 e. The van der Waals surface area contributed by atoms with Gasteiger partial charge in [0.1, 0.15) is 6.61 Å². The first-order valence-corrected chi connectivity index (χ1v) is 13.3. The van der Waals surface area contributed by atoms with Gasteiger partial charge in [-0.1, -0.05) is 36.4 Å². The predicted molar refractivity (Wildman–Crippen MR) is 157 cm³/mol. The smallest absolute Gasteiger partial charge is 0.271 e. The summed E-state index contributed by atoms with van der Waals surface area (Å²) in [5, 5.41) is 6.54. The van der Waals surface area contributed by atoms with Crippen molar-refractivity contribution in [3.8, 4) is 11.5 Å². The second-order valence-corrected chi connectivity index (χ2v) is 10.1.